The number of rotatable bonds is 4. The summed E-state index contributed by atoms with van der Waals surface area (Å²) in [6.45, 7) is 2.84. The zero-order chi connectivity index (χ0) is 14.5. The summed E-state index contributed by atoms with van der Waals surface area (Å²) in [5, 5.41) is 12.0. The minimum Gasteiger partial charge on any atom is -0.409 e. The minimum atomic E-state index is 0.122. The topological polar surface area (TPSA) is 61.8 Å². The highest BCUT2D eigenvalue weighted by Gasteiger charge is 2.10. The molecular formula is C16H19N3O. The molecule has 0 aliphatic carbocycles. The summed E-state index contributed by atoms with van der Waals surface area (Å²) in [5.41, 5.74) is 9.85. The molecular weight excluding hydrogens is 250 g/mol. The quantitative estimate of drug-likeness (QED) is 0.388. The van der Waals surface area contributed by atoms with Gasteiger partial charge in [0.15, 0.2) is 5.84 Å². The molecule has 4 heteroatoms. The Balaban J connectivity index is 2.28. The van der Waals surface area contributed by atoms with Crippen LogP contribution in [-0.4, -0.2) is 18.1 Å². The molecule has 0 saturated heterocycles. The summed E-state index contributed by atoms with van der Waals surface area (Å²) in [4.78, 5) is 2.09. The van der Waals surface area contributed by atoms with Crippen LogP contribution in [0.1, 0.15) is 16.7 Å². The van der Waals surface area contributed by atoms with Crippen molar-refractivity contribution in [1.29, 1.82) is 0 Å². The highest BCUT2D eigenvalue weighted by atomic mass is 16.4. The number of hydrogen-bond donors (Lipinski definition) is 2. The summed E-state index contributed by atoms with van der Waals surface area (Å²) >= 11 is 0. The molecule has 0 radical (unpaired) electrons. The second-order valence-corrected chi connectivity index (χ2v) is 4.85. The van der Waals surface area contributed by atoms with Crippen molar-refractivity contribution in [2.45, 2.75) is 13.5 Å². The number of aryl methyl sites for hydroxylation is 1. The lowest BCUT2D eigenvalue weighted by Crippen LogP contribution is -2.22. The second kappa shape index (κ2) is 6.10. The fourth-order valence-electron chi connectivity index (χ4n) is 2.25. The van der Waals surface area contributed by atoms with Gasteiger partial charge in [-0.25, -0.2) is 0 Å². The molecule has 0 heterocycles. The van der Waals surface area contributed by atoms with Crippen LogP contribution in [0.25, 0.3) is 0 Å². The summed E-state index contributed by atoms with van der Waals surface area (Å²) in [6, 6.07) is 16.0. The number of para-hydroxylation sites is 1. The van der Waals surface area contributed by atoms with E-state index in [2.05, 4.69) is 35.2 Å². The van der Waals surface area contributed by atoms with Gasteiger partial charge in [-0.3, -0.25) is 0 Å². The first-order chi connectivity index (χ1) is 9.61. The monoisotopic (exact) mass is 269 g/mol. The molecule has 4 nitrogen and oxygen atoms in total. The Labute approximate surface area is 119 Å². The Bertz CT molecular complexity index is 623. The molecule has 0 aromatic heterocycles. The lowest BCUT2D eigenvalue weighted by Gasteiger charge is -2.22. The Morgan fingerprint density at radius 2 is 1.95 bits per heavy atom. The fourth-order valence-corrected chi connectivity index (χ4v) is 2.25. The van der Waals surface area contributed by atoms with Crippen LogP contribution in [0.2, 0.25) is 0 Å². The Morgan fingerprint density at radius 3 is 2.65 bits per heavy atom. The van der Waals surface area contributed by atoms with Crippen molar-refractivity contribution in [3.63, 3.8) is 0 Å². The van der Waals surface area contributed by atoms with Crippen LogP contribution in [0, 0.1) is 6.92 Å². The first kappa shape index (κ1) is 13.9. The van der Waals surface area contributed by atoms with Crippen molar-refractivity contribution in [2.75, 3.05) is 11.9 Å². The van der Waals surface area contributed by atoms with Gasteiger partial charge < -0.3 is 15.8 Å². The van der Waals surface area contributed by atoms with E-state index in [1.807, 2.05) is 37.4 Å². The van der Waals surface area contributed by atoms with E-state index in [9.17, 15) is 0 Å². The number of nitrogens with two attached hydrogens (primary N) is 1. The predicted molar refractivity (Wildman–Crippen MR) is 82.2 cm³/mol. The van der Waals surface area contributed by atoms with Gasteiger partial charge in [-0.1, -0.05) is 47.1 Å². The number of oxime groups is 1. The first-order valence-electron chi connectivity index (χ1n) is 6.45. The van der Waals surface area contributed by atoms with Crippen LogP contribution < -0.4 is 10.6 Å². The predicted octanol–water partition coefficient (Wildman–Crippen LogP) is 2.73. The van der Waals surface area contributed by atoms with Gasteiger partial charge in [-0.15, -0.1) is 0 Å². The molecule has 0 aliphatic heterocycles. The molecule has 2 aromatic rings. The van der Waals surface area contributed by atoms with Crippen LogP contribution in [0.3, 0.4) is 0 Å². The Morgan fingerprint density at radius 1 is 1.20 bits per heavy atom. The van der Waals surface area contributed by atoms with E-state index in [4.69, 9.17) is 10.9 Å². The van der Waals surface area contributed by atoms with E-state index in [1.54, 1.807) is 0 Å². The Hall–Kier alpha value is -2.49. The van der Waals surface area contributed by atoms with Gasteiger partial charge in [0.05, 0.1) is 0 Å². The van der Waals surface area contributed by atoms with Gasteiger partial charge in [-0.05, 0) is 24.6 Å². The molecule has 0 amide bonds. The number of nitrogens with zero attached hydrogens (tertiary/aromatic N) is 2. The average molecular weight is 269 g/mol. The Kier molecular flexibility index (Phi) is 4.25. The van der Waals surface area contributed by atoms with Crippen molar-refractivity contribution >= 4 is 11.5 Å². The second-order valence-electron chi connectivity index (χ2n) is 4.85. The van der Waals surface area contributed by atoms with E-state index < -0.39 is 0 Å². The molecule has 0 saturated carbocycles. The van der Waals surface area contributed by atoms with Gasteiger partial charge in [0.2, 0.25) is 0 Å². The van der Waals surface area contributed by atoms with Gasteiger partial charge in [-0.2, -0.15) is 0 Å². The number of benzene rings is 2. The third-order valence-corrected chi connectivity index (χ3v) is 3.20. The molecule has 2 aromatic carbocycles. The molecule has 0 aliphatic rings. The van der Waals surface area contributed by atoms with Gasteiger partial charge in [0.1, 0.15) is 0 Å². The molecule has 0 atom stereocenters. The highest BCUT2D eigenvalue weighted by Crippen LogP contribution is 2.21. The lowest BCUT2D eigenvalue weighted by atomic mass is 10.1. The maximum absolute atomic E-state index is 8.87. The first-order valence-corrected chi connectivity index (χ1v) is 6.45. The SMILES string of the molecule is Cc1cccc(CN(C)c2ccccc2C(N)=NO)c1. The third-order valence-electron chi connectivity index (χ3n) is 3.20. The molecule has 2 rings (SSSR count). The van der Waals surface area contributed by atoms with Gasteiger partial charge >= 0.3 is 0 Å². The van der Waals surface area contributed by atoms with Crippen LogP contribution in [-0.2, 0) is 6.54 Å². The number of amidine groups is 1. The summed E-state index contributed by atoms with van der Waals surface area (Å²) in [5.74, 6) is 0.122. The van der Waals surface area contributed by atoms with E-state index in [1.165, 1.54) is 11.1 Å². The van der Waals surface area contributed by atoms with Crippen molar-refractivity contribution in [1.82, 2.24) is 0 Å². The molecule has 0 unspecified atom stereocenters. The number of anilines is 1. The van der Waals surface area contributed by atoms with E-state index in [-0.39, 0.29) is 5.84 Å². The maximum atomic E-state index is 8.87. The standard InChI is InChI=1S/C16H19N3O/c1-12-6-5-7-13(10-12)11-19(2)15-9-4-3-8-14(15)16(17)18-20/h3-10,20H,11H2,1-2H3,(H2,17,18). The normalized spacial score (nSPS) is 11.4. The highest BCUT2D eigenvalue weighted by molar-refractivity contribution is 6.02. The zero-order valence-electron chi connectivity index (χ0n) is 11.7. The lowest BCUT2D eigenvalue weighted by molar-refractivity contribution is 0.318. The largest absolute Gasteiger partial charge is 0.409 e. The van der Waals surface area contributed by atoms with Gasteiger partial charge in [0.25, 0.3) is 0 Å². The maximum Gasteiger partial charge on any atom is 0.172 e. The van der Waals surface area contributed by atoms with Crippen molar-refractivity contribution in [2.24, 2.45) is 10.9 Å². The van der Waals surface area contributed by atoms with Crippen LogP contribution in [0.15, 0.2) is 53.7 Å². The molecule has 0 fully saturated rings. The third kappa shape index (κ3) is 3.09. The molecule has 0 spiro atoms. The molecule has 0 bridgehead atoms. The average Bonchev–Trinajstić information content (AvgIpc) is 2.46. The zero-order valence-corrected chi connectivity index (χ0v) is 11.7. The van der Waals surface area contributed by atoms with E-state index >= 15 is 0 Å². The van der Waals surface area contributed by atoms with Crippen LogP contribution in [0.4, 0.5) is 5.69 Å². The molecule has 104 valence electrons. The van der Waals surface area contributed by atoms with Crippen molar-refractivity contribution in [3.05, 3.63) is 65.2 Å². The molecule has 20 heavy (non-hydrogen) atoms. The van der Waals surface area contributed by atoms with Crippen molar-refractivity contribution in [3.8, 4) is 0 Å². The number of hydrogen-bond acceptors (Lipinski definition) is 3. The van der Waals surface area contributed by atoms with E-state index in [0.29, 0.717) is 0 Å². The van der Waals surface area contributed by atoms with Crippen molar-refractivity contribution < 1.29 is 5.21 Å². The van der Waals surface area contributed by atoms with E-state index in [0.717, 1.165) is 17.8 Å². The minimum absolute atomic E-state index is 0.122. The van der Waals surface area contributed by atoms with Crippen LogP contribution in [0.5, 0.6) is 0 Å². The fraction of sp³-hybridized carbons (Fsp3) is 0.188. The summed E-state index contributed by atoms with van der Waals surface area (Å²) in [6.07, 6.45) is 0. The van der Waals surface area contributed by atoms with Crippen LogP contribution >= 0.6 is 0 Å². The summed E-state index contributed by atoms with van der Waals surface area (Å²) < 4.78 is 0. The molecule has 3 N–H and O–H groups in total. The summed E-state index contributed by atoms with van der Waals surface area (Å²) in [7, 11) is 1.99. The van der Waals surface area contributed by atoms with Gasteiger partial charge in [0, 0.05) is 24.8 Å². The smallest absolute Gasteiger partial charge is 0.172 e.